The first-order valence-electron chi connectivity index (χ1n) is 6.71. The maximum Gasteiger partial charge on any atom is 0.282 e. The summed E-state index contributed by atoms with van der Waals surface area (Å²) in [4.78, 5) is 22.2. The van der Waals surface area contributed by atoms with E-state index in [9.17, 15) is 14.9 Å². The van der Waals surface area contributed by atoms with Gasteiger partial charge in [-0.3, -0.25) is 14.9 Å². The van der Waals surface area contributed by atoms with Crippen molar-refractivity contribution >= 4 is 17.8 Å². The number of benzene rings is 2. The third-order valence-corrected chi connectivity index (χ3v) is 3.13. The van der Waals surface area contributed by atoms with Crippen molar-refractivity contribution in [2.45, 2.75) is 12.8 Å². The van der Waals surface area contributed by atoms with E-state index < -0.39 is 10.8 Å². The molecule has 0 aromatic heterocycles. The van der Waals surface area contributed by atoms with Gasteiger partial charge < -0.3 is 0 Å². The lowest BCUT2D eigenvalue weighted by Gasteiger charge is -2.05. The van der Waals surface area contributed by atoms with Crippen LogP contribution in [0.4, 0.5) is 5.69 Å². The van der Waals surface area contributed by atoms with Crippen molar-refractivity contribution < 1.29 is 9.72 Å². The van der Waals surface area contributed by atoms with Gasteiger partial charge in [0.2, 0.25) is 0 Å². The first kappa shape index (κ1) is 15.4. The van der Waals surface area contributed by atoms with Gasteiger partial charge >= 0.3 is 0 Å². The van der Waals surface area contributed by atoms with Crippen LogP contribution in [-0.2, 0) is 0 Å². The largest absolute Gasteiger partial charge is 0.282 e. The second-order valence-electron chi connectivity index (χ2n) is 4.69. The number of rotatable bonds is 5. The number of hydrazone groups is 1. The predicted molar refractivity (Wildman–Crippen MR) is 83.9 cm³/mol. The highest BCUT2D eigenvalue weighted by molar-refractivity contribution is 5.98. The molecule has 22 heavy (non-hydrogen) atoms. The summed E-state index contributed by atoms with van der Waals surface area (Å²) in [5, 5.41) is 14.8. The fourth-order valence-corrected chi connectivity index (χ4v) is 1.94. The second kappa shape index (κ2) is 7.12. The molecule has 1 atom stereocenters. The van der Waals surface area contributed by atoms with Crippen molar-refractivity contribution in [3.8, 4) is 0 Å². The standard InChI is InChI=1S/C16H15N3O3/c1-12(13-7-3-2-4-8-13)11-17-18-16(20)14-9-5-6-10-15(14)19(21)22/h2-12H,1H3,(H,18,20). The monoisotopic (exact) mass is 297 g/mol. The Kier molecular flexibility index (Phi) is 4.98. The second-order valence-corrected chi connectivity index (χ2v) is 4.69. The quantitative estimate of drug-likeness (QED) is 0.522. The van der Waals surface area contributed by atoms with E-state index in [0.29, 0.717) is 0 Å². The molecule has 6 nitrogen and oxygen atoms in total. The van der Waals surface area contributed by atoms with Gasteiger partial charge in [0.25, 0.3) is 11.6 Å². The van der Waals surface area contributed by atoms with Gasteiger partial charge in [0.15, 0.2) is 0 Å². The molecule has 0 spiro atoms. The maximum atomic E-state index is 12.0. The topological polar surface area (TPSA) is 84.6 Å². The van der Waals surface area contributed by atoms with Gasteiger partial charge in [-0.1, -0.05) is 49.4 Å². The van der Waals surface area contributed by atoms with Crippen molar-refractivity contribution in [1.82, 2.24) is 5.43 Å². The first-order chi connectivity index (χ1) is 10.6. The van der Waals surface area contributed by atoms with Gasteiger partial charge in [-0.15, -0.1) is 0 Å². The Hall–Kier alpha value is -3.02. The number of amides is 1. The van der Waals surface area contributed by atoms with Gasteiger partial charge in [0, 0.05) is 18.2 Å². The summed E-state index contributed by atoms with van der Waals surface area (Å²) < 4.78 is 0. The van der Waals surface area contributed by atoms with Crippen LogP contribution in [0.2, 0.25) is 0 Å². The molecule has 2 aromatic carbocycles. The van der Waals surface area contributed by atoms with Crippen LogP contribution in [0, 0.1) is 10.1 Å². The summed E-state index contributed by atoms with van der Waals surface area (Å²) in [6.45, 7) is 1.94. The molecule has 0 heterocycles. The molecular weight excluding hydrogens is 282 g/mol. The SMILES string of the molecule is CC(C=NNC(=O)c1ccccc1[N+](=O)[O-])c1ccccc1. The fourth-order valence-electron chi connectivity index (χ4n) is 1.94. The van der Waals surface area contributed by atoms with E-state index in [1.165, 1.54) is 18.2 Å². The molecule has 1 amide bonds. The van der Waals surface area contributed by atoms with Crippen LogP contribution in [-0.4, -0.2) is 17.0 Å². The van der Waals surface area contributed by atoms with Crippen molar-refractivity contribution in [2.24, 2.45) is 5.10 Å². The predicted octanol–water partition coefficient (Wildman–Crippen LogP) is 3.11. The molecule has 6 heteroatoms. The van der Waals surface area contributed by atoms with Gasteiger partial charge in [0.05, 0.1) is 4.92 Å². The van der Waals surface area contributed by atoms with Crippen LogP contribution in [0.15, 0.2) is 59.7 Å². The number of hydrogen-bond donors (Lipinski definition) is 1. The Morgan fingerprint density at radius 1 is 1.18 bits per heavy atom. The van der Waals surface area contributed by atoms with Gasteiger partial charge in [-0.05, 0) is 11.6 Å². The highest BCUT2D eigenvalue weighted by atomic mass is 16.6. The molecule has 0 saturated carbocycles. The molecule has 0 bridgehead atoms. The summed E-state index contributed by atoms with van der Waals surface area (Å²) in [5.41, 5.74) is 3.12. The number of hydrogen-bond acceptors (Lipinski definition) is 4. The number of nitro groups is 1. The normalized spacial score (nSPS) is 12.0. The first-order valence-corrected chi connectivity index (χ1v) is 6.71. The Bertz CT molecular complexity index is 699. The van der Waals surface area contributed by atoms with E-state index in [1.807, 2.05) is 37.3 Å². The Labute approximate surface area is 127 Å². The molecule has 0 aliphatic carbocycles. The molecule has 2 aromatic rings. The average molecular weight is 297 g/mol. The Balaban J connectivity index is 2.04. The number of carbonyl (C=O) groups is 1. The van der Waals surface area contributed by atoms with E-state index in [1.54, 1.807) is 12.3 Å². The highest BCUT2D eigenvalue weighted by Gasteiger charge is 2.18. The number of nitro benzene ring substituents is 1. The van der Waals surface area contributed by atoms with Crippen LogP contribution in [0.3, 0.4) is 0 Å². The third kappa shape index (κ3) is 3.76. The molecule has 1 unspecified atom stereocenters. The lowest BCUT2D eigenvalue weighted by molar-refractivity contribution is -0.385. The van der Waals surface area contributed by atoms with Crippen LogP contribution in [0.1, 0.15) is 28.8 Å². The zero-order chi connectivity index (χ0) is 15.9. The van der Waals surface area contributed by atoms with Crippen molar-refractivity contribution in [2.75, 3.05) is 0 Å². The van der Waals surface area contributed by atoms with E-state index in [2.05, 4.69) is 10.5 Å². The number of para-hydroxylation sites is 1. The van der Waals surface area contributed by atoms with E-state index in [0.717, 1.165) is 5.56 Å². The summed E-state index contributed by atoms with van der Waals surface area (Å²) >= 11 is 0. The van der Waals surface area contributed by atoms with Crippen LogP contribution in [0.5, 0.6) is 0 Å². The minimum atomic E-state index is -0.608. The summed E-state index contributed by atoms with van der Waals surface area (Å²) in [6, 6.07) is 15.4. The molecule has 0 fully saturated rings. The van der Waals surface area contributed by atoms with Crippen LogP contribution in [0.25, 0.3) is 0 Å². The fraction of sp³-hybridized carbons (Fsp3) is 0.125. The van der Waals surface area contributed by atoms with Crippen molar-refractivity contribution in [3.63, 3.8) is 0 Å². The summed E-state index contributed by atoms with van der Waals surface area (Å²) in [5.74, 6) is -0.587. The molecule has 1 N–H and O–H groups in total. The van der Waals surface area contributed by atoms with E-state index >= 15 is 0 Å². The van der Waals surface area contributed by atoms with Gasteiger partial charge in [-0.25, -0.2) is 5.43 Å². The number of nitrogens with zero attached hydrogens (tertiary/aromatic N) is 2. The zero-order valence-electron chi connectivity index (χ0n) is 12.0. The Morgan fingerprint density at radius 3 is 2.50 bits per heavy atom. The van der Waals surface area contributed by atoms with Crippen LogP contribution >= 0.6 is 0 Å². The zero-order valence-corrected chi connectivity index (χ0v) is 12.0. The lowest BCUT2D eigenvalue weighted by atomic mass is 10.0. The number of nitrogens with one attached hydrogen (secondary N) is 1. The minimum Gasteiger partial charge on any atom is -0.267 e. The maximum absolute atomic E-state index is 12.0. The molecule has 112 valence electrons. The van der Waals surface area contributed by atoms with Gasteiger partial charge in [-0.2, -0.15) is 5.10 Å². The Morgan fingerprint density at radius 2 is 1.82 bits per heavy atom. The number of carbonyl (C=O) groups excluding carboxylic acids is 1. The molecule has 0 radical (unpaired) electrons. The van der Waals surface area contributed by atoms with Gasteiger partial charge in [0.1, 0.15) is 5.56 Å². The highest BCUT2D eigenvalue weighted by Crippen LogP contribution is 2.17. The smallest absolute Gasteiger partial charge is 0.267 e. The molecule has 2 rings (SSSR count). The van der Waals surface area contributed by atoms with E-state index in [-0.39, 0.29) is 17.2 Å². The molecule has 0 aliphatic heterocycles. The molecular formula is C16H15N3O3. The van der Waals surface area contributed by atoms with Crippen LogP contribution < -0.4 is 5.43 Å². The van der Waals surface area contributed by atoms with Crippen molar-refractivity contribution in [3.05, 3.63) is 75.8 Å². The lowest BCUT2D eigenvalue weighted by Crippen LogP contribution is -2.19. The van der Waals surface area contributed by atoms with E-state index in [4.69, 9.17) is 0 Å². The van der Waals surface area contributed by atoms with Crippen molar-refractivity contribution in [1.29, 1.82) is 0 Å². The summed E-state index contributed by atoms with van der Waals surface area (Å²) in [7, 11) is 0. The summed E-state index contributed by atoms with van der Waals surface area (Å²) in [6.07, 6.45) is 1.59. The minimum absolute atomic E-state index is 0.0167. The average Bonchev–Trinajstić information content (AvgIpc) is 2.55. The molecule has 0 saturated heterocycles. The third-order valence-electron chi connectivity index (χ3n) is 3.13. The molecule has 0 aliphatic rings.